The lowest BCUT2D eigenvalue weighted by molar-refractivity contribution is -0.139. The van der Waals surface area contributed by atoms with Gasteiger partial charge in [0.05, 0.1) is 14.2 Å². The zero-order valence-corrected chi connectivity index (χ0v) is 19.0. The van der Waals surface area contributed by atoms with Crippen molar-refractivity contribution in [3.63, 3.8) is 0 Å². The summed E-state index contributed by atoms with van der Waals surface area (Å²) in [7, 11) is -0.902. The third-order valence-electron chi connectivity index (χ3n) is 5.22. The van der Waals surface area contributed by atoms with Gasteiger partial charge >= 0.3 is 0 Å². The summed E-state index contributed by atoms with van der Waals surface area (Å²) in [5, 5.41) is 0. The van der Waals surface area contributed by atoms with Crippen LogP contribution in [-0.4, -0.2) is 70.0 Å². The van der Waals surface area contributed by atoms with Crippen LogP contribution in [0.1, 0.15) is 12.5 Å². The van der Waals surface area contributed by atoms with Gasteiger partial charge in [-0.3, -0.25) is 4.79 Å². The van der Waals surface area contributed by atoms with Crippen LogP contribution in [0, 0.1) is 6.92 Å². The van der Waals surface area contributed by atoms with E-state index in [0.717, 1.165) is 5.56 Å². The van der Waals surface area contributed by atoms with Gasteiger partial charge in [0.15, 0.2) is 6.10 Å². The van der Waals surface area contributed by atoms with Crippen molar-refractivity contribution in [2.45, 2.75) is 24.8 Å². The molecule has 1 saturated heterocycles. The van der Waals surface area contributed by atoms with E-state index < -0.39 is 16.1 Å². The fourth-order valence-corrected chi connectivity index (χ4v) is 4.99. The fraction of sp³-hybridized carbons (Fsp3) is 0.409. The lowest BCUT2D eigenvalue weighted by Gasteiger charge is -2.35. The Bertz CT molecular complexity index is 1010. The van der Waals surface area contributed by atoms with Gasteiger partial charge in [0.2, 0.25) is 10.0 Å². The second kappa shape index (κ2) is 9.57. The maximum atomic E-state index is 13.2. The van der Waals surface area contributed by atoms with Gasteiger partial charge in [0.1, 0.15) is 22.1 Å². The maximum Gasteiger partial charge on any atom is 0.263 e. The summed E-state index contributed by atoms with van der Waals surface area (Å²) in [5.41, 5.74) is 1.11. The molecule has 2 aromatic carbocycles. The second-order valence-electron chi connectivity index (χ2n) is 7.32. The van der Waals surface area contributed by atoms with Crippen molar-refractivity contribution in [1.82, 2.24) is 9.21 Å². The normalized spacial score (nSPS) is 15.9. The third kappa shape index (κ3) is 5.11. The van der Waals surface area contributed by atoms with Gasteiger partial charge in [-0.25, -0.2) is 8.42 Å². The number of rotatable bonds is 7. The van der Waals surface area contributed by atoms with Crippen LogP contribution < -0.4 is 14.2 Å². The van der Waals surface area contributed by atoms with E-state index in [4.69, 9.17) is 14.2 Å². The van der Waals surface area contributed by atoms with Crippen LogP contribution in [0.4, 0.5) is 0 Å². The lowest BCUT2D eigenvalue weighted by atomic mass is 10.2. The van der Waals surface area contributed by atoms with Gasteiger partial charge in [-0.1, -0.05) is 17.7 Å². The average molecular weight is 449 g/mol. The average Bonchev–Trinajstić information content (AvgIpc) is 2.79. The Morgan fingerprint density at radius 1 is 0.935 bits per heavy atom. The Kier molecular flexibility index (Phi) is 7.07. The summed E-state index contributed by atoms with van der Waals surface area (Å²) in [5.74, 6) is 1.13. The molecule has 1 heterocycles. The van der Waals surface area contributed by atoms with E-state index in [1.165, 1.54) is 24.6 Å². The molecular formula is C22H28N2O6S. The zero-order valence-electron chi connectivity index (χ0n) is 18.2. The summed E-state index contributed by atoms with van der Waals surface area (Å²) in [6, 6.07) is 12.1. The number of benzene rings is 2. The van der Waals surface area contributed by atoms with Crippen molar-refractivity contribution in [2.75, 3.05) is 40.4 Å². The van der Waals surface area contributed by atoms with E-state index in [1.54, 1.807) is 24.0 Å². The highest BCUT2D eigenvalue weighted by molar-refractivity contribution is 7.89. The Labute approximate surface area is 183 Å². The first-order chi connectivity index (χ1) is 14.8. The van der Waals surface area contributed by atoms with Crippen LogP contribution in [0.15, 0.2) is 47.4 Å². The second-order valence-corrected chi connectivity index (χ2v) is 9.23. The lowest BCUT2D eigenvalue weighted by Crippen LogP contribution is -2.53. The molecule has 0 radical (unpaired) electrons. The quantitative estimate of drug-likeness (QED) is 0.646. The molecule has 0 spiro atoms. The Hall–Kier alpha value is -2.78. The molecule has 0 aliphatic carbocycles. The van der Waals surface area contributed by atoms with Crippen molar-refractivity contribution in [2.24, 2.45) is 0 Å². The molecule has 3 rings (SSSR count). The van der Waals surface area contributed by atoms with Crippen LogP contribution in [-0.2, 0) is 14.8 Å². The third-order valence-corrected chi connectivity index (χ3v) is 7.14. The van der Waals surface area contributed by atoms with Gasteiger partial charge < -0.3 is 19.1 Å². The number of hydrogen-bond donors (Lipinski definition) is 0. The number of carbonyl (C=O) groups is 1. The van der Waals surface area contributed by atoms with E-state index >= 15 is 0 Å². The number of carbonyl (C=O) groups excluding carboxylic acids is 1. The molecule has 0 aromatic heterocycles. The molecule has 1 amide bonds. The van der Waals surface area contributed by atoms with Crippen LogP contribution in [0.2, 0.25) is 0 Å². The van der Waals surface area contributed by atoms with Crippen LogP contribution in [0.5, 0.6) is 17.2 Å². The number of ether oxygens (including phenoxy) is 3. The zero-order chi connectivity index (χ0) is 22.6. The Morgan fingerprint density at radius 3 is 2.13 bits per heavy atom. The molecule has 0 bridgehead atoms. The predicted molar refractivity (Wildman–Crippen MR) is 116 cm³/mol. The molecule has 1 fully saturated rings. The van der Waals surface area contributed by atoms with Crippen molar-refractivity contribution >= 4 is 15.9 Å². The van der Waals surface area contributed by atoms with Crippen molar-refractivity contribution in [3.8, 4) is 17.2 Å². The van der Waals surface area contributed by atoms with E-state index in [2.05, 4.69) is 0 Å². The number of methoxy groups -OCH3 is 2. The first kappa shape index (κ1) is 22.9. The number of nitrogens with zero attached hydrogens (tertiary/aromatic N) is 2. The molecule has 1 aliphatic heterocycles. The number of sulfonamides is 1. The van der Waals surface area contributed by atoms with Crippen LogP contribution >= 0.6 is 0 Å². The van der Waals surface area contributed by atoms with E-state index in [0.29, 0.717) is 11.5 Å². The van der Waals surface area contributed by atoms with Gasteiger partial charge in [-0.05, 0) is 38.1 Å². The van der Waals surface area contributed by atoms with Crippen LogP contribution in [0.3, 0.4) is 0 Å². The van der Waals surface area contributed by atoms with E-state index in [-0.39, 0.29) is 42.7 Å². The summed E-state index contributed by atoms with van der Waals surface area (Å²) >= 11 is 0. The molecule has 0 saturated carbocycles. The fourth-order valence-electron chi connectivity index (χ4n) is 3.40. The number of amides is 1. The van der Waals surface area contributed by atoms with Gasteiger partial charge in [-0.2, -0.15) is 4.31 Å². The van der Waals surface area contributed by atoms with Crippen molar-refractivity contribution < 1.29 is 27.4 Å². The van der Waals surface area contributed by atoms with Crippen molar-refractivity contribution in [3.05, 3.63) is 48.0 Å². The molecule has 9 heteroatoms. The highest BCUT2D eigenvalue weighted by Gasteiger charge is 2.33. The standard InChI is InChI=1S/C22H28N2O6S/c1-16-5-7-18(8-6-16)30-17(2)22(25)23-11-13-24(14-12-23)31(26,27)21-15-19(28-3)9-10-20(21)29-4/h5-10,15,17H,11-14H2,1-4H3. The molecule has 168 valence electrons. The molecule has 1 unspecified atom stereocenters. The summed E-state index contributed by atoms with van der Waals surface area (Å²) in [4.78, 5) is 14.5. The van der Waals surface area contributed by atoms with E-state index in [9.17, 15) is 13.2 Å². The largest absolute Gasteiger partial charge is 0.497 e. The summed E-state index contributed by atoms with van der Waals surface area (Å²) in [6.45, 7) is 4.62. The molecule has 1 atom stereocenters. The van der Waals surface area contributed by atoms with Gasteiger partial charge in [0.25, 0.3) is 5.91 Å². The highest BCUT2D eigenvalue weighted by atomic mass is 32.2. The maximum absolute atomic E-state index is 13.2. The predicted octanol–water partition coefficient (Wildman–Crippen LogP) is 2.31. The Morgan fingerprint density at radius 2 is 1.55 bits per heavy atom. The smallest absolute Gasteiger partial charge is 0.263 e. The molecule has 0 N–H and O–H groups in total. The van der Waals surface area contributed by atoms with Crippen molar-refractivity contribution in [1.29, 1.82) is 0 Å². The Balaban J connectivity index is 1.65. The van der Waals surface area contributed by atoms with E-state index in [1.807, 2.05) is 31.2 Å². The minimum Gasteiger partial charge on any atom is -0.497 e. The number of hydrogen-bond acceptors (Lipinski definition) is 6. The molecular weight excluding hydrogens is 420 g/mol. The monoisotopic (exact) mass is 448 g/mol. The number of aryl methyl sites for hydroxylation is 1. The SMILES string of the molecule is COc1ccc(OC)c(S(=O)(=O)N2CCN(C(=O)C(C)Oc3ccc(C)cc3)CC2)c1. The minimum atomic E-state index is -3.80. The molecule has 31 heavy (non-hydrogen) atoms. The minimum absolute atomic E-state index is 0.0465. The van der Waals surface area contributed by atoms with Gasteiger partial charge in [-0.15, -0.1) is 0 Å². The summed E-state index contributed by atoms with van der Waals surface area (Å²) in [6.07, 6.45) is -0.663. The first-order valence-corrected chi connectivity index (χ1v) is 11.4. The first-order valence-electron chi connectivity index (χ1n) is 10.0. The molecule has 1 aliphatic rings. The summed E-state index contributed by atoms with van der Waals surface area (Å²) < 4.78 is 43.9. The molecule has 2 aromatic rings. The molecule has 8 nitrogen and oxygen atoms in total. The van der Waals surface area contributed by atoms with Gasteiger partial charge in [0, 0.05) is 32.2 Å². The topological polar surface area (TPSA) is 85.4 Å². The number of piperazine rings is 1. The van der Waals surface area contributed by atoms with Crippen LogP contribution in [0.25, 0.3) is 0 Å². The highest BCUT2D eigenvalue weighted by Crippen LogP contribution is 2.31.